The number of benzene rings is 2. The average molecular weight is 449 g/mol. The fourth-order valence-electron chi connectivity index (χ4n) is 3.16. The van der Waals surface area contributed by atoms with Crippen molar-refractivity contribution < 1.29 is 9.59 Å². The molecule has 1 atom stereocenters. The van der Waals surface area contributed by atoms with E-state index in [-0.39, 0.29) is 24.8 Å². The zero-order valence-corrected chi connectivity index (χ0v) is 19.6. The van der Waals surface area contributed by atoms with Gasteiger partial charge in [-0.25, -0.2) is 0 Å². The minimum atomic E-state index is -0.576. The van der Waals surface area contributed by atoms with Gasteiger partial charge in [-0.3, -0.25) is 9.59 Å². The predicted octanol–water partition coefficient (Wildman–Crippen LogP) is 5.42. The molecule has 0 heterocycles. The van der Waals surface area contributed by atoms with Gasteiger partial charge in [0.2, 0.25) is 11.8 Å². The highest BCUT2D eigenvalue weighted by atomic mass is 35.5. The topological polar surface area (TPSA) is 49.4 Å². The van der Waals surface area contributed by atoms with E-state index >= 15 is 0 Å². The molecule has 1 N–H and O–H groups in total. The van der Waals surface area contributed by atoms with Crippen LogP contribution in [0.4, 0.5) is 0 Å². The monoisotopic (exact) mass is 448 g/mol. The van der Waals surface area contributed by atoms with Crippen LogP contribution in [0.5, 0.6) is 0 Å². The van der Waals surface area contributed by atoms with E-state index in [0.29, 0.717) is 28.9 Å². The van der Waals surface area contributed by atoms with Gasteiger partial charge in [0.1, 0.15) is 6.04 Å². The molecule has 2 rings (SSSR count). The fourth-order valence-corrected chi connectivity index (χ4v) is 3.63. The Hall–Kier alpha value is -2.04. The minimum Gasteiger partial charge on any atom is -0.354 e. The van der Waals surface area contributed by atoms with Gasteiger partial charge < -0.3 is 10.2 Å². The molecule has 162 valence electrons. The van der Waals surface area contributed by atoms with Crippen LogP contribution in [0.3, 0.4) is 0 Å². The summed E-state index contributed by atoms with van der Waals surface area (Å²) in [5.41, 5.74) is 2.80. The van der Waals surface area contributed by atoms with E-state index in [9.17, 15) is 9.59 Å². The number of rotatable bonds is 9. The molecule has 2 amide bonds. The molecule has 0 radical (unpaired) electrons. The van der Waals surface area contributed by atoms with Crippen molar-refractivity contribution in [1.29, 1.82) is 0 Å². The summed E-state index contributed by atoms with van der Waals surface area (Å²) < 4.78 is 0. The Morgan fingerprint density at radius 2 is 1.73 bits per heavy atom. The lowest BCUT2D eigenvalue weighted by Crippen LogP contribution is -2.50. The summed E-state index contributed by atoms with van der Waals surface area (Å²) in [5, 5.41) is 3.97. The minimum absolute atomic E-state index is 0.114. The zero-order valence-electron chi connectivity index (χ0n) is 18.0. The molecule has 0 aliphatic carbocycles. The molecule has 0 aliphatic heterocycles. The van der Waals surface area contributed by atoms with Gasteiger partial charge >= 0.3 is 0 Å². The second-order valence-corrected chi connectivity index (χ2v) is 8.83. The summed E-state index contributed by atoms with van der Waals surface area (Å²) in [5.74, 6) is 0.0684. The first-order valence-electron chi connectivity index (χ1n) is 10.3. The third-order valence-electron chi connectivity index (χ3n) is 4.90. The highest BCUT2D eigenvalue weighted by molar-refractivity contribution is 6.35. The maximum atomic E-state index is 13.3. The first-order chi connectivity index (χ1) is 14.2. The number of carbonyl (C=O) groups excluding carboxylic acids is 2. The van der Waals surface area contributed by atoms with Crippen LogP contribution in [0.1, 0.15) is 43.9 Å². The first kappa shape index (κ1) is 24.2. The summed E-state index contributed by atoms with van der Waals surface area (Å²) in [4.78, 5) is 27.8. The van der Waals surface area contributed by atoms with Crippen molar-refractivity contribution >= 4 is 35.0 Å². The Kier molecular flexibility index (Phi) is 9.19. The zero-order chi connectivity index (χ0) is 22.3. The van der Waals surface area contributed by atoms with Crippen molar-refractivity contribution in [3.05, 3.63) is 69.2 Å². The maximum absolute atomic E-state index is 13.3. The third kappa shape index (κ3) is 7.03. The second kappa shape index (κ2) is 11.4. The van der Waals surface area contributed by atoms with Crippen LogP contribution in [0, 0.1) is 12.8 Å². The largest absolute Gasteiger partial charge is 0.354 e. The van der Waals surface area contributed by atoms with Crippen LogP contribution in [0.2, 0.25) is 10.0 Å². The summed E-state index contributed by atoms with van der Waals surface area (Å²) in [7, 11) is 0. The molecule has 0 saturated carbocycles. The van der Waals surface area contributed by atoms with E-state index in [1.807, 2.05) is 52.0 Å². The number of nitrogens with zero attached hydrogens (tertiary/aromatic N) is 1. The lowest BCUT2D eigenvalue weighted by molar-refractivity contribution is -0.141. The molecule has 0 spiro atoms. The average Bonchev–Trinajstić information content (AvgIpc) is 2.69. The molecule has 0 saturated heterocycles. The van der Waals surface area contributed by atoms with Crippen molar-refractivity contribution in [3.8, 4) is 0 Å². The maximum Gasteiger partial charge on any atom is 0.242 e. The quantitative estimate of drug-likeness (QED) is 0.556. The van der Waals surface area contributed by atoms with Gasteiger partial charge in [0.15, 0.2) is 0 Å². The highest BCUT2D eigenvalue weighted by Gasteiger charge is 2.29. The number of amides is 2. The summed E-state index contributed by atoms with van der Waals surface area (Å²) in [6, 6.07) is 12.5. The second-order valence-electron chi connectivity index (χ2n) is 7.98. The van der Waals surface area contributed by atoms with E-state index in [0.717, 1.165) is 16.7 Å². The molecular weight excluding hydrogens is 419 g/mol. The SMILES string of the molecule is CCC(C(=O)NCC(C)C)N(Cc1ccc(Cl)cc1Cl)C(=O)Cc1ccc(C)cc1. The van der Waals surface area contributed by atoms with E-state index < -0.39 is 6.04 Å². The summed E-state index contributed by atoms with van der Waals surface area (Å²) >= 11 is 12.4. The lowest BCUT2D eigenvalue weighted by Gasteiger charge is -2.31. The van der Waals surface area contributed by atoms with E-state index in [1.165, 1.54) is 0 Å². The number of carbonyl (C=O) groups is 2. The third-order valence-corrected chi connectivity index (χ3v) is 5.49. The Balaban J connectivity index is 2.30. The molecule has 0 bridgehead atoms. The van der Waals surface area contributed by atoms with Crippen molar-refractivity contribution in [3.63, 3.8) is 0 Å². The van der Waals surface area contributed by atoms with Gasteiger partial charge in [-0.15, -0.1) is 0 Å². The summed E-state index contributed by atoms with van der Waals surface area (Å²) in [6.45, 7) is 8.80. The standard InChI is InChI=1S/C24H30Cl2N2O2/c1-5-22(24(30)27-14-16(2)3)28(15-19-10-11-20(25)13-21(19)26)23(29)12-18-8-6-17(4)7-9-18/h6-11,13,16,22H,5,12,14-15H2,1-4H3,(H,27,30). The molecule has 0 aliphatic rings. The molecule has 0 aromatic heterocycles. The van der Waals surface area contributed by atoms with Crippen molar-refractivity contribution in [2.75, 3.05) is 6.54 Å². The highest BCUT2D eigenvalue weighted by Crippen LogP contribution is 2.24. The molecular formula is C24H30Cl2N2O2. The van der Waals surface area contributed by atoms with E-state index in [4.69, 9.17) is 23.2 Å². The van der Waals surface area contributed by atoms with Crippen LogP contribution < -0.4 is 5.32 Å². The molecule has 1 unspecified atom stereocenters. The van der Waals surface area contributed by atoms with E-state index in [2.05, 4.69) is 5.32 Å². The van der Waals surface area contributed by atoms with Crippen LogP contribution in [0.15, 0.2) is 42.5 Å². The van der Waals surface area contributed by atoms with E-state index in [1.54, 1.807) is 23.1 Å². The fraction of sp³-hybridized carbons (Fsp3) is 0.417. The van der Waals surface area contributed by atoms with Gasteiger partial charge in [-0.1, -0.05) is 79.9 Å². The molecule has 6 heteroatoms. The first-order valence-corrected chi connectivity index (χ1v) is 11.0. The smallest absolute Gasteiger partial charge is 0.242 e. The summed E-state index contributed by atoms with van der Waals surface area (Å²) in [6.07, 6.45) is 0.730. The van der Waals surface area contributed by atoms with Crippen molar-refractivity contribution in [2.45, 2.75) is 53.1 Å². The molecule has 2 aromatic carbocycles. The predicted molar refractivity (Wildman–Crippen MR) is 124 cm³/mol. The van der Waals surface area contributed by atoms with Gasteiger partial charge in [-0.2, -0.15) is 0 Å². The normalized spacial score (nSPS) is 12.0. The van der Waals surface area contributed by atoms with Gasteiger partial charge in [0, 0.05) is 23.1 Å². The molecule has 4 nitrogen and oxygen atoms in total. The number of halogens is 2. The molecule has 2 aromatic rings. The number of aryl methyl sites for hydroxylation is 1. The Morgan fingerprint density at radius 3 is 2.30 bits per heavy atom. The molecule has 0 fully saturated rings. The Morgan fingerprint density at radius 1 is 1.07 bits per heavy atom. The molecule has 30 heavy (non-hydrogen) atoms. The number of hydrogen-bond acceptors (Lipinski definition) is 2. The number of hydrogen-bond donors (Lipinski definition) is 1. The van der Waals surface area contributed by atoms with Crippen molar-refractivity contribution in [1.82, 2.24) is 10.2 Å². The van der Waals surface area contributed by atoms with Crippen LogP contribution in [0.25, 0.3) is 0 Å². The van der Waals surface area contributed by atoms with Crippen LogP contribution in [-0.2, 0) is 22.6 Å². The van der Waals surface area contributed by atoms with Crippen LogP contribution in [-0.4, -0.2) is 29.3 Å². The van der Waals surface area contributed by atoms with Crippen molar-refractivity contribution in [2.24, 2.45) is 5.92 Å². The number of nitrogens with one attached hydrogen (secondary N) is 1. The van der Waals surface area contributed by atoms with Crippen LogP contribution >= 0.6 is 23.2 Å². The Labute approximate surface area is 189 Å². The van der Waals surface area contributed by atoms with Gasteiger partial charge in [-0.05, 0) is 42.5 Å². The Bertz CT molecular complexity index is 866. The van der Waals surface area contributed by atoms with Gasteiger partial charge in [0.25, 0.3) is 0 Å². The lowest BCUT2D eigenvalue weighted by atomic mass is 10.1. The van der Waals surface area contributed by atoms with Gasteiger partial charge in [0.05, 0.1) is 6.42 Å².